The molecule has 1 aliphatic carbocycles. The second kappa shape index (κ2) is 8.30. The number of carbonyl (C=O) groups excluding carboxylic acids is 2. The lowest BCUT2D eigenvalue weighted by atomic mass is 9.81. The van der Waals surface area contributed by atoms with Crippen LogP contribution in [-0.2, 0) is 22.7 Å². The van der Waals surface area contributed by atoms with Gasteiger partial charge in [0.05, 0.1) is 48.6 Å². The van der Waals surface area contributed by atoms with E-state index in [4.69, 9.17) is 14.5 Å². The SMILES string of the molecule is COc1ccc2nc3c(c(C(=O)C4CCCCC4)c2c1)Cn1c-3cc2c(c1=O)COC(=O)CC2O. The maximum atomic E-state index is 13.9. The number of aliphatic hydroxyl groups is 1. The lowest BCUT2D eigenvalue weighted by molar-refractivity contribution is -0.146. The van der Waals surface area contributed by atoms with Gasteiger partial charge in [-0.25, -0.2) is 4.98 Å². The van der Waals surface area contributed by atoms with Crippen molar-refractivity contribution in [1.29, 1.82) is 0 Å². The van der Waals surface area contributed by atoms with Crippen molar-refractivity contribution in [3.05, 3.63) is 56.9 Å². The molecule has 0 amide bonds. The van der Waals surface area contributed by atoms with E-state index in [0.717, 1.165) is 43.1 Å². The fraction of sp³-hybridized carbons (Fsp3) is 0.407. The van der Waals surface area contributed by atoms with Crippen molar-refractivity contribution < 1.29 is 24.2 Å². The van der Waals surface area contributed by atoms with Gasteiger partial charge < -0.3 is 19.1 Å². The van der Waals surface area contributed by atoms with E-state index >= 15 is 0 Å². The molecule has 6 rings (SSSR count). The smallest absolute Gasteiger partial charge is 0.309 e. The van der Waals surface area contributed by atoms with E-state index in [9.17, 15) is 19.5 Å². The summed E-state index contributed by atoms with van der Waals surface area (Å²) in [5, 5.41) is 11.4. The molecule has 4 heterocycles. The van der Waals surface area contributed by atoms with Crippen molar-refractivity contribution in [3.63, 3.8) is 0 Å². The molecule has 3 aliphatic rings. The highest BCUT2D eigenvalue weighted by atomic mass is 16.5. The number of esters is 1. The Balaban J connectivity index is 1.59. The van der Waals surface area contributed by atoms with E-state index in [0.29, 0.717) is 33.8 Å². The Bertz CT molecular complexity index is 1450. The third kappa shape index (κ3) is 3.46. The normalized spacial score (nSPS) is 19.5. The minimum Gasteiger partial charge on any atom is -0.497 e. The molecule has 1 atom stereocenters. The predicted molar refractivity (Wildman–Crippen MR) is 127 cm³/mol. The van der Waals surface area contributed by atoms with Crippen LogP contribution >= 0.6 is 0 Å². The molecule has 1 saturated carbocycles. The topological polar surface area (TPSA) is 108 Å². The number of aromatic nitrogens is 2. The van der Waals surface area contributed by atoms with Crippen LogP contribution in [0.2, 0.25) is 0 Å². The van der Waals surface area contributed by atoms with Crippen molar-refractivity contribution in [2.24, 2.45) is 5.92 Å². The van der Waals surface area contributed by atoms with Crippen LogP contribution in [0.15, 0.2) is 29.1 Å². The number of methoxy groups -OCH3 is 1. The number of pyridine rings is 2. The van der Waals surface area contributed by atoms with Crippen LogP contribution in [0.4, 0.5) is 0 Å². The number of ketones is 1. The summed E-state index contributed by atoms with van der Waals surface area (Å²) in [6, 6.07) is 7.22. The Labute approximate surface area is 201 Å². The summed E-state index contributed by atoms with van der Waals surface area (Å²) in [7, 11) is 1.59. The van der Waals surface area contributed by atoms with Crippen LogP contribution in [0, 0.1) is 5.92 Å². The van der Waals surface area contributed by atoms with E-state index in [2.05, 4.69) is 0 Å². The van der Waals surface area contributed by atoms with Crippen LogP contribution < -0.4 is 10.3 Å². The fourth-order valence-corrected chi connectivity index (χ4v) is 5.77. The fourth-order valence-electron chi connectivity index (χ4n) is 5.77. The molecule has 8 heteroatoms. The summed E-state index contributed by atoms with van der Waals surface area (Å²) >= 11 is 0. The lowest BCUT2D eigenvalue weighted by Crippen LogP contribution is -2.25. The molecule has 1 unspecified atom stereocenters. The standard InChI is InChI=1S/C27H26N2O6/c1-34-15-7-8-20-17(9-15)24(26(32)14-5-3-2-4-6-14)18-12-29-21(25(18)28-20)10-16-19(27(29)33)13-35-23(31)11-22(16)30/h7-10,14,22,30H,2-6,11-13H2,1H3. The van der Waals surface area contributed by atoms with Crippen LogP contribution in [0.3, 0.4) is 0 Å². The Morgan fingerprint density at radius 3 is 2.71 bits per heavy atom. The van der Waals surface area contributed by atoms with Crippen LogP contribution in [-0.4, -0.2) is 33.5 Å². The monoisotopic (exact) mass is 474 g/mol. The maximum Gasteiger partial charge on any atom is 0.309 e. The van der Waals surface area contributed by atoms with Gasteiger partial charge in [-0.2, -0.15) is 0 Å². The summed E-state index contributed by atoms with van der Waals surface area (Å²) in [5.74, 6) is 0.138. The third-order valence-electron chi connectivity index (χ3n) is 7.61. The molecule has 1 aromatic carbocycles. The highest BCUT2D eigenvalue weighted by Gasteiger charge is 2.35. The summed E-state index contributed by atoms with van der Waals surface area (Å²) in [6.07, 6.45) is 3.60. The van der Waals surface area contributed by atoms with Gasteiger partial charge in [-0.3, -0.25) is 14.4 Å². The average Bonchev–Trinajstić information content (AvgIpc) is 3.17. The van der Waals surface area contributed by atoms with Gasteiger partial charge in [0.1, 0.15) is 12.4 Å². The zero-order valence-electron chi connectivity index (χ0n) is 19.5. The molecule has 1 fully saturated rings. The van der Waals surface area contributed by atoms with E-state index in [1.54, 1.807) is 17.7 Å². The first-order chi connectivity index (χ1) is 17.0. The van der Waals surface area contributed by atoms with E-state index < -0.39 is 12.1 Å². The van der Waals surface area contributed by atoms with Gasteiger partial charge in [0, 0.05) is 22.4 Å². The van der Waals surface area contributed by atoms with Gasteiger partial charge in [-0.15, -0.1) is 0 Å². The predicted octanol–water partition coefficient (Wildman–Crippen LogP) is 3.68. The first kappa shape index (κ1) is 22.0. The second-order valence-electron chi connectivity index (χ2n) is 9.63. The van der Waals surface area contributed by atoms with Crippen molar-refractivity contribution in [2.75, 3.05) is 7.11 Å². The number of benzene rings is 1. The van der Waals surface area contributed by atoms with Crippen LogP contribution in [0.1, 0.15) is 71.7 Å². The first-order valence-corrected chi connectivity index (χ1v) is 12.1. The van der Waals surface area contributed by atoms with Crippen molar-refractivity contribution in [1.82, 2.24) is 9.55 Å². The Kier molecular flexibility index (Phi) is 5.21. The number of cyclic esters (lactones) is 1. The molecule has 3 aromatic rings. The van der Waals surface area contributed by atoms with E-state index in [1.165, 1.54) is 0 Å². The highest BCUT2D eigenvalue weighted by Crippen LogP contribution is 2.40. The quantitative estimate of drug-likeness (QED) is 0.356. The Morgan fingerprint density at radius 2 is 1.94 bits per heavy atom. The lowest BCUT2D eigenvalue weighted by Gasteiger charge is -2.22. The van der Waals surface area contributed by atoms with Crippen molar-refractivity contribution in [2.45, 2.75) is 57.8 Å². The van der Waals surface area contributed by atoms with Gasteiger partial charge in [0.2, 0.25) is 0 Å². The number of carbonyl (C=O) groups is 2. The number of rotatable bonds is 3. The number of Topliss-reactive ketones (excluding diaryl/α,β-unsaturated/α-hetero) is 1. The molecule has 1 N–H and O–H groups in total. The molecular formula is C27H26N2O6. The molecule has 180 valence electrons. The molecule has 0 radical (unpaired) electrons. The maximum absolute atomic E-state index is 13.9. The molecule has 8 nitrogen and oxygen atoms in total. The van der Waals surface area contributed by atoms with Crippen molar-refractivity contribution in [3.8, 4) is 17.1 Å². The largest absolute Gasteiger partial charge is 0.497 e. The number of fused-ring (bicyclic) bond motifs is 5. The second-order valence-corrected chi connectivity index (χ2v) is 9.63. The zero-order chi connectivity index (χ0) is 24.3. The molecule has 0 saturated heterocycles. The Morgan fingerprint density at radius 1 is 1.14 bits per heavy atom. The number of hydrogen-bond donors (Lipinski definition) is 1. The summed E-state index contributed by atoms with van der Waals surface area (Å²) in [5.41, 5.74) is 3.44. The van der Waals surface area contributed by atoms with Crippen LogP contribution in [0.25, 0.3) is 22.3 Å². The zero-order valence-corrected chi connectivity index (χ0v) is 19.5. The molecule has 35 heavy (non-hydrogen) atoms. The van der Waals surface area contributed by atoms with Gasteiger partial charge in [-0.05, 0) is 42.7 Å². The number of aliphatic hydroxyl groups excluding tert-OH is 1. The van der Waals surface area contributed by atoms with E-state index in [1.807, 2.05) is 18.2 Å². The van der Waals surface area contributed by atoms with Gasteiger partial charge in [-0.1, -0.05) is 19.3 Å². The molecule has 2 aromatic heterocycles. The molecule has 0 bridgehead atoms. The number of ether oxygens (including phenoxy) is 2. The Hall–Kier alpha value is -3.52. The van der Waals surface area contributed by atoms with Crippen molar-refractivity contribution >= 4 is 22.7 Å². The highest BCUT2D eigenvalue weighted by molar-refractivity contribution is 6.11. The average molecular weight is 475 g/mol. The molecule has 0 spiro atoms. The van der Waals surface area contributed by atoms with Gasteiger partial charge in [0.15, 0.2) is 5.78 Å². The van der Waals surface area contributed by atoms with Gasteiger partial charge in [0.25, 0.3) is 5.56 Å². The summed E-state index contributed by atoms with van der Waals surface area (Å²) < 4.78 is 12.2. The number of nitrogens with zero attached hydrogens (tertiary/aromatic N) is 2. The van der Waals surface area contributed by atoms with Gasteiger partial charge >= 0.3 is 5.97 Å². The van der Waals surface area contributed by atoms with E-state index in [-0.39, 0.29) is 42.4 Å². The third-order valence-corrected chi connectivity index (χ3v) is 7.61. The summed E-state index contributed by atoms with van der Waals surface area (Å²) in [4.78, 5) is 44.1. The minimum atomic E-state index is -1.13. The summed E-state index contributed by atoms with van der Waals surface area (Å²) in [6.45, 7) is 0.0237. The first-order valence-electron chi connectivity index (χ1n) is 12.1. The number of hydrogen-bond acceptors (Lipinski definition) is 7. The van der Waals surface area contributed by atoms with Crippen LogP contribution in [0.5, 0.6) is 5.75 Å². The molecular weight excluding hydrogens is 448 g/mol. The molecule has 2 aliphatic heterocycles. The minimum absolute atomic E-state index is 0.0527.